The van der Waals surface area contributed by atoms with Crippen molar-refractivity contribution in [3.05, 3.63) is 34.1 Å². The number of hydrogen-bond donors (Lipinski definition) is 1. The van der Waals surface area contributed by atoms with Gasteiger partial charge in [0.1, 0.15) is 6.20 Å². The van der Waals surface area contributed by atoms with Crippen LogP contribution in [0.5, 0.6) is 0 Å². The molecular formula is C7H9N3O3. The minimum Gasteiger partial charge on any atom is -0.304 e. The molecule has 0 aromatic carbocycles. The second kappa shape index (κ2) is 4.48. The summed E-state index contributed by atoms with van der Waals surface area (Å²) >= 11 is 0. The van der Waals surface area contributed by atoms with Crippen molar-refractivity contribution in [3.8, 4) is 0 Å². The third-order valence-electron chi connectivity index (χ3n) is 1.50. The number of rotatable bonds is 4. The standard InChI is InChI=1S/C7H9N3O3/c8-13-4-3-6-1-2-7(5-9-6)10(11)12/h1-2,5H,3-4,8H2. The Morgan fingerprint density at radius 1 is 1.62 bits per heavy atom. The molecule has 0 spiro atoms. The lowest BCUT2D eigenvalue weighted by Gasteiger charge is -1.97. The molecule has 0 unspecified atom stereocenters. The van der Waals surface area contributed by atoms with Crippen molar-refractivity contribution >= 4 is 5.69 Å². The van der Waals surface area contributed by atoms with Crippen LogP contribution in [0.3, 0.4) is 0 Å². The number of nitrogens with zero attached hydrogens (tertiary/aromatic N) is 2. The molecule has 1 heterocycles. The van der Waals surface area contributed by atoms with Crippen molar-refractivity contribution in [3.63, 3.8) is 0 Å². The zero-order valence-corrected chi connectivity index (χ0v) is 6.84. The molecule has 1 aromatic heterocycles. The van der Waals surface area contributed by atoms with Crippen molar-refractivity contribution in [2.45, 2.75) is 6.42 Å². The van der Waals surface area contributed by atoms with E-state index in [4.69, 9.17) is 5.90 Å². The van der Waals surface area contributed by atoms with E-state index in [1.165, 1.54) is 12.3 Å². The molecule has 0 saturated carbocycles. The predicted molar refractivity (Wildman–Crippen MR) is 44.7 cm³/mol. The maximum absolute atomic E-state index is 10.2. The molecule has 0 bridgehead atoms. The van der Waals surface area contributed by atoms with Gasteiger partial charge in [-0.15, -0.1) is 0 Å². The number of nitro groups is 1. The molecule has 2 N–H and O–H groups in total. The molecule has 13 heavy (non-hydrogen) atoms. The first-order chi connectivity index (χ1) is 6.24. The highest BCUT2D eigenvalue weighted by atomic mass is 16.6. The Hall–Kier alpha value is -1.53. The minimum atomic E-state index is -0.490. The van der Waals surface area contributed by atoms with Crippen molar-refractivity contribution in [2.75, 3.05) is 6.61 Å². The first-order valence-corrected chi connectivity index (χ1v) is 3.65. The normalized spacial score (nSPS) is 9.92. The van der Waals surface area contributed by atoms with E-state index < -0.39 is 4.92 Å². The van der Waals surface area contributed by atoms with Crippen molar-refractivity contribution in [1.82, 2.24) is 4.98 Å². The summed E-state index contributed by atoms with van der Waals surface area (Å²) < 4.78 is 0. The summed E-state index contributed by atoms with van der Waals surface area (Å²) in [5.41, 5.74) is 0.702. The van der Waals surface area contributed by atoms with E-state index in [-0.39, 0.29) is 5.69 Å². The Labute approximate surface area is 74.4 Å². The third kappa shape index (κ3) is 2.77. The second-order valence-electron chi connectivity index (χ2n) is 2.39. The van der Waals surface area contributed by atoms with Gasteiger partial charge in [0.15, 0.2) is 0 Å². The van der Waals surface area contributed by atoms with Gasteiger partial charge in [-0.3, -0.25) is 15.1 Å². The molecule has 6 nitrogen and oxygen atoms in total. The summed E-state index contributed by atoms with van der Waals surface area (Å²) in [6, 6.07) is 2.98. The fourth-order valence-electron chi connectivity index (χ4n) is 0.836. The lowest BCUT2D eigenvalue weighted by molar-refractivity contribution is -0.385. The molecule has 0 atom stereocenters. The number of nitrogens with two attached hydrogens (primary N) is 1. The molecule has 0 aliphatic rings. The average molecular weight is 183 g/mol. The first-order valence-electron chi connectivity index (χ1n) is 3.65. The van der Waals surface area contributed by atoms with Gasteiger partial charge in [-0.2, -0.15) is 0 Å². The van der Waals surface area contributed by atoms with E-state index in [0.717, 1.165) is 5.69 Å². The van der Waals surface area contributed by atoms with Crippen LogP contribution in [-0.4, -0.2) is 16.5 Å². The summed E-state index contributed by atoms with van der Waals surface area (Å²) in [5.74, 6) is 4.82. The van der Waals surface area contributed by atoms with Crippen molar-refractivity contribution in [2.24, 2.45) is 5.90 Å². The average Bonchev–Trinajstić information content (AvgIpc) is 2.15. The van der Waals surface area contributed by atoms with Gasteiger partial charge >= 0.3 is 0 Å². The summed E-state index contributed by atoms with van der Waals surface area (Å²) in [4.78, 5) is 18.0. The van der Waals surface area contributed by atoms with Gasteiger partial charge in [0, 0.05) is 18.2 Å². The summed E-state index contributed by atoms with van der Waals surface area (Å²) in [6.07, 6.45) is 1.76. The molecule has 6 heteroatoms. The monoisotopic (exact) mass is 183 g/mol. The zero-order valence-electron chi connectivity index (χ0n) is 6.84. The highest BCUT2D eigenvalue weighted by Gasteiger charge is 2.04. The maximum Gasteiger partial charge on any atom is 0.287 e. The second-order valence-corrected chi connectivity index (χ2v) is 2.39. The highest BCUT2D eigenvalue weighted by Crippen LogP contribution is 2.08. The van der Waals surface area contributed by atoms with Gasteiger partial charge in [-0.1, -0.05) is 0 Å². The lowest BCUT2D eigenvalue weighted by Crippen LogP contribution is -2.04. The van der Waals surface area contributed by atoms with Crippen LogP contribution in [0.1, 0.15) is 5.69 Å². The van der Waals surface area contributed by atoms with Crippen LogP contribution in [0, 0.1) is 10.1 Å². The van der Waals surface area contributed by atoms with Crippen molar-refractivity contribution in [1.29, 1.82) is 0 Å². The van der Waals surface area contributed by atoms with Gasteiger partial charge in [0.25, 0.3) is 5.69 Å². The van der Waals surface area contributed by atoms with Crippen LogP contribution in [0.2, 0.25) is 0 Å². The lowest BCUT2D eigenvalue weighted by atomic mass is 10.3. The SMILES string of the molecule is NOCCc1ccc([N+](=O)[O-])cn1. The molecule has 0 fully saturated rings. The number of aromatic nitrogens is 1. The Bertz CT molecular complexity index is 286. The quantitative estimate of drug-likeness (QED) is 0.539. The predicted octanol–water partition coefficient (Wildman–Crippen LogP) is 0.423. The van der Waals surface area contributed by atoms with Gasteiger partial charge in [-0.05, 0) is 6.07 Å². The van der Waals surface area contributed by atoms with Crippen LogP contribution < -0.4 is 5.90 Å². The topological polar surface area (TPSA) is 91.3 Å². The Balaban J connectivity index is 2.64. The van der Waals surface area contributed by atoms with E-state index in [1.807, 2.05) is 0 Å². The summed E-state index contributed by atoms with van der Waals surface area (Å²) in [5, 5.41) is 10.2. The van der Waals surface area contributed by atoms with E-state index in [2.05, 4.69) is 9.82 Å². The Morgan fingerprint density at radius 2 is 2.38 bits per heavy atom. The van der Waals surface area contributed by atoms with Crippen molar-refractivity contribution < 1.29 is 9.76 Å². The molecule has 0 saturated heterocycles. The maximum atomic E-state index is 10.2. The molecule has 1 rings (SSSR count). The van der Waals surface area contributed by atoms with E-state index in [0.29, 0.717) is 13.0 Å². The first kappa shape index (κ1) is 9.56. The summed E-state index contributed by atoms with van der Waals surface area (Å²) in [6.45, 7) is 0.352. The largest absolute Gasteiger partial charge is 0.304 e. The highest BCUT2D eigenvalue weighted by molar-refractivity contribution is 5.26. The molecule has 0 aliphatic heterocycles. The van der Waals surface area contributed by atoms with Crippen LogP contribution in [0.25, 0.3) is 0 Å². The summed E-state index contributed by atoms with van der Waals surface area (Å²) in [7, 11) is 0. The Morgan fingerprint density at radius 3 is 2.85 bits per heavy atom. The molecule has 1 aromatic rings. The number of hydrogen-bond acceptors (Lipinski definition) is 5. The zero-order chi connectivity index (χ0) is 9.68. The molecule has 0 radical (unpaired) electrons. The molecule has 0 aliphatic carbocycles. The smallest absolute Gasteiger partial charge is 0.287 e. The van der Waals surface area contributed by atoms with Gasteiger partial charge in [0.2, 0.25) is 0 Å². The molecular weight excluding hydrogens is 174 g/mol. The van der Waals surface area contributed by atoms with Gasteiger partial charge < -0.3 is 4.84 Å². The van der Waals surface area contributed by atoms with Crippen LogP contribution in [0.4, 0.5) is 5.69 Å². The van der Waals surface area contributed by atoms with E-state index in [9.17, 15) is 10.1 Å². The minimum absolute atomic E-state index is 0.0163. The van der Waals surface area contributed by atoms with Crippen LogP contribution in [0.15, 0.2) is 18.3 Å². The van der Waals surface area contributed by atoms with E-state index >= 15 is 0 Å². The fourth-order valence-corrected chi connectivity index (χ4v) is 0.836. The van der Waals surface area contributed by atoms with Gasteiger partial charge in [0.05, 0.1) is 11.5 Å². The third-order valence-corrected chi connectivity index (χ3v) is 1.50. The fraction of sp³-hybridized carbons (Fsp3) is 0.286. The van der Waals surface area contributed by atoms with Gasteiger partial charge in [-0.25, -0.2) is 5.90 Å². The Kier molecular flexibility index (Phi) is 3.30. The van der Waals surface area contributed by atoms with Crippen LogP contribution in [-0.2, 0) is 11.3 Å². The molecule has 70 valence electrons. The number of pyridine rings is 1. The molecule has 0 amide bonds. The van der Waals surface area contributed by atoms with Crippen LogP contribution >= 0.6 is 0 Å². The van der Waals surface area contributed by atoms with E-state index in [1.54, 1.807) is 6.07 Å².